The lowest BCUT2D eigenvalue weighted by Crippen LogP contribution is -2.36. The monoisotopic (exact) mass is 280 g/mol. The molecule has 2 heterocycles. The predicted octanol–water partition coefficient (Wildman–Crippen LogP) is 2.55. The Balaban J connectivity index is 2.10. The summed E-state index contributed by atoms with van der Waals surface area (Å²) in [6.07, 6.45) is 1.93. The summed E-state index contributed by atoms with van der Waals surface area (Å²) in [5, 5.41) is 0. The third-order valence-electron chi connectivity index (χ3n) is 4.06. The lowest BCUT2D eigenvalue weighted by atomic mass is 10.1. The van der Waals surface area contributed by atoms with E-state index in [1.165, 1.54) is 6.07 Å². The Kier molecular flexibility index (Phi) is 3.33. The van der Waals surface area contributed by atoms with Crippen molar-refractivity contribution in [1.82, 2.24) is 14.5 Å². The first kappa shape index (κ1) is 13.3. The molecule has 1 aliphatic rings. The van der Waals surface area contributed by atoms with Gasteiger partial charge in [-0.15, -0.1) is 0 Å². The van der Waals surface area contributed by atoms with Gasteiger partial charge in [-0.3, -0.25) is 0 Å². The molecule has 0 saturated carbocycles. The number of nitrogen functional groups attached to an aromatic ring is 1. The van der Waals surface area contributed by atoms with Gasteiger partial charge in [0, 0.05) is 12.6 Å². The number of nitrogens with two attached hydrogens (primary N) is 1. The summed E-state index contributed by atoms with van der Waals surface area (Å²) < 4.78 is 29.2. The summed E-state index contributed by atoms with van der Waals surface area (Å²) in [5.41, 5.74) is 6.53. The van der Waals surface area contributed by atoms with Crippen LogP contribution in [0, 0.1) is 11.6 Å². The standard InChI is InChI=1S/C14H18F2N4/c1-2-19-7-3-4-9(8-19)20-13-11(18-14(20)17)6-5-10(15)12(13)16/h5-6,9H,2-4,7-8H2,1H3,(H2,17,18). The summed E-state index contributed by atoms with van der Waals surface area (Å²) in [4.78, 5) is 6.44. The van der Waals surface area contributed by atoms with Crippen LogP contribution in [0.2, 0.25) is 0 Å². The van der Waals surface area contributed by atoms with Crippen molar-refractivity contribution in [3.05, 3.63) is 23.8 Å². The number of hydrogen-bond donors (Lipinski definition) is 1. The molecule has 108 valence electrons. The largest absolute Gasteiger partial charge is 0.369 e. The van der Waals surface area contributed by atoms with E-state index in [9.17, 15) is 8.78 Å². The molecule has 0 radical (unpaired) electrons. The minimum Gasteiger partial charge on any atom is -0.369 e. The van der Waals surface area contributed by atoms with E-state index in [4.69, 9.17) is 5.73 Å². The van der Waals surface area contributed by atoms with Crippen LogP contribution in [-0.2, 0) is 0 Å². The number of rotatable bonds is 2. The third kappa shape index (κ3) is 2.04. The van der Waals surface area contributed by atoms with Gasteiger partial charge in [-0.1, -0.05) is 6.92 Å². The minimum absolute atomic E-state index is 0.0463. The number of likely N-dealkylation sites (tertiary alicyclic amines) is 1. The number of imidazole rings is 1. The molecule has 2 N–H and O–H groups in total. The molecule has 0 amide bonds. The molecule has 0 spiro atoms. The van der Waals surface area contributed by atoms with E-state index < -0.39 is 11.6 Å². The van der Waals surface area contributed by atoms with Gasteiger partial charge in [-0.25, -0.2) is 13.8 Å². The number of piperidine rings is 1. The number of anilines is 1. The Morgan fingerprint density at radius 2 is 2.20 bits per heavy atom. The molecule has 3 rings (SSSR count). The second kappa shape index (κ2) is 5.01. The molecule has 20 heavy (non-hydrogen) atoms. The van der Waals surface area contributed by atoms with E-state index >= 15 is 0 Å². The fourth-order valence-corrected chi connectivity index (χ4v) is 3.04. The molecule has 1 atom stereocenters. The SMILES string of the molecule is CCN1CCCC(n2c(N)nc3ccc(F)c(F)c32)C1. The highest BCUT2D eigenvalue weighted by Crippen LogP contribution is 2.31. The number of fused-ring (bicyclic) bond motifs is 1. The summed E-state index contributed by atoms with van der Waals surface area (Å²) in [7, 11) is 0. The molecule has 6 heteroatoms. The average molecular weight is 280 g/mol. The normalized spacial score (nSPS) is 20.6. The van der Waals surface area contributed by atoms with Gasteiger partial charge in [-0.2, -0.15) is 0 Å². The molecule has 1 aromatic heterocycles. The van der Waals surface area contributed by atoms with Crippen LogP contribution >= 0.6 is 0 Å². The van der Waals surface area contributed by atoms with Crippen molar-refractivity contribution in [2.24, 2.45) is 0 Å². The van der Waals surface area contributed by atoms with E-state index in [1.54, 1.807) is 4.57 Å². The van der Waals surface area contributed by atoms with Crippen molar-refractivity contribution >= 4 is 17.0 Å². The van der Waals surface area contributed by atoms with E-state index in [1.807, 2.05) is 0 Å². The second-order valence-electron chi connectivity index (χ2n) is 5.26. The van der Waals surface area contributed by atoms with E-state index in [0.717, 1.165) is 38.5 Å². The molecule has 1 saturated heterocycles. The third-order valence-corrected chi connectivity index (χ3v) is 4.06. The highest BCUT2D eigenvalue weighted by atomic mass is 19.2. The zero-order valence-electron chi connectivity index (χ0n) is 11.4. The molecule has 0 aliphatic carbocycles. The maximum absolute atomic E-state index is 14.1. The number of likely N-dealkylation sites (N-methyl/N-ethyl adjacent to an activating group) is 1. The lowest BCUT2D eigenvalue weighted by Gasteiger charge is -2.33. The maximum atomic E-state index is 14.1. The smallest absolute Gasteiger partial charge is 0.201 e. The lowest BCUT2D eigenvalue weighted by molar-refractivity contribution is 0.188. The minimum atomic E-state index is -0.861. The van der Waals surface area contributed by atoms with Gasteiger partial charge in [0.2, 0.25) is 5.95 Å². The summed E-state index contributed by atoms with van der Waals surface area (Å²) in [5.74, 6) is -1.46. The van der Waals surface area contributed by atoms with E-state index in [-0.39, 0.29) is 17.5 Å². The highest BCUT2D eigenvalue weighted by molar-refractivity contribution is 5.79. The van der Waals surface area contributed by atoms with Gasteiger partial charge >= 0.3 is 0 Å². The predicted molar refractivity (Wildman–Crippen MR) is 74.4 cm³/mol. The molecule has 1 unspecified atom stereocenters. The first-order chi connectivity index (χ1) is 9.61. The Morgan fingerprint density at radius 3 is 2.95 bits per heavy atom. The van der Waals surface area contributed by atoms with Crippen molar-refractivity contribution in [2.75, 3.05) is 25.4 Å². The van der Waals surface area contributed by atoms with Gasteiger partial charge in [0.25, 0.3) is 0 Å². The Morgan fingerprint density at radius 1 is 1.40 bits per heavy atom. The zero-order chi connectivity index (χ0) is 14.3. The molecule has 2 aromatic rings. The fraction of sp³-hybridized carbons (Fsp3) is 0.500. The molecule has 0 bridgehead atoms. The molecule has 4 nitrogen and oxygen atoms in total. The van der Waals surface area contributed by atoms with Crippen LogP contribution in [0.3, 0.4) is 0 Å². The summed E-state index contributed by atoms with van der Waals surface area (Å²) in [6.45, 7) is 4.87. The van der Waals surface area contributed by atoms with Crippen LogP contribution in [0.15, 0.2) is 12.1 Å². The van der Waals surface area contributed by atoms with Crippen molar-refractivity contribution in [2.45, 2.75) is 25.8 Å². The Bertz CT molecular complexity index is 638. The highest BCUT2D eigenvalue weighted by Gasteiger charge is 2.26. The number of hydrogen-bond acceptors (Lipinski definition) is 3. The Hall–Kier alpha value is -1.69. The van der Waals surface area contributed by atoms with Crippen molar-refractivity contribution in [3.63, 3.8) is 0 Å². The van der Waals surface area contributed by atoms with Crippen molar-refractivity contribution in [3.8, 4) is 0 Å². The number of nitrogens with zero attached hydrogens (tertiary/aromatic N) is 3. The molecular formula is C14H18F2N4. The van der Waals surface area contributed by atoms with Gasteiger partial charge in [0.15, 0.2) is 11.6 Å². The first-order valence-electron chi connectivity index (χ1n) is 6.95. The maximum Gasteiger partial charge on any atom is 0.201 e. The van der Waals surface area contributed by atoms with Crippen LogP contribution in [-0.4, -0.2) is 34.1 Å². The topological polar surface area (TPSA) is 47.1 Å². The van der Waals surface area contributed by atoms with Gasteiger partial charge < -0.3 is 15.2 Å². The van der Waals surface area contributed by atoms with Crippen LogP contribution in [0.1, 0.15) is 25.8 Å². The van der Waals surface area contributed by atoms with E-state index in [0.29, 0.717) is 5.52 Å². The van der Waals surface area contributed by atoms with Gasteiger partial charge in [0.05, 0.1) is 5.52 Å². The number of benzene rings is 1. The fourth-order valence-electron chi connectivity index (χ4n) is 3.04. The van der Waals surface area contributed by atoms with Gasteiger partial charge in [-0.05, 0) is 38.1 Å². The van der Waals surface area contributed by atoms with Crippen LogP contribution in [0.4, 0.5) is 14.7 Å². The van der Waals surface area contributed by atoms with Crippen molar-refractivity contribution < 1.29 is 8.78 Å². The van der Waals surface area contributed by atoms with Crippen LogP contribution < -0.4 is 5.73 Å². The second-order valence-corrected chi connectivity index (χ2v) is 5.26. The number of aromatic nitrogens is 2. The average Bonchev–Trinajstić information content (AvgIpc) is 2.80. The van der Waals surface area contributed by atoms with E-state index in [2.05, 4.69) is 16.8 Å². The summed E-state index contributed by atoms with van der Waals surface area (Å²) in [6, 6.07) is 2.61. The number of halogens is 2. The van der Waals surface area contributed by atoms with Crippen molar-refractivity contribution in [1.29, 1.82) is 0 Å². The molecular weight excluding hydrogens is 262 g/mol. The molecule has 1 aromatic carbocycles. The van der Waals surface area contributed by atoms with Crippen LogP contribution in [0.5, 0.6) is 0 Å². The van der Waals surface area contributed by atoms with Gasteiger partial charge in [0.1, 0.15) is 5.52 Å². The summed E-state index contributed by atoms with van der Waals surface area (Å²) >= 11 is 0. The first-order valence-corrected chi connectivity index (χ1v) is 6.95. The quantitative estimate of drug-likeness (QED) is 0.919. The molecule has 1 aliphatic heterocycles. The zero-order valence-corrected chi connectivity index (χ0v) is 11.4. The Labute approximate surface area is 116 Å². The molecule has 1 fully saturated rings. The van der Waals surface area contributed by atoms with Crippen LogP contribution in [0.25, 0.3) is 11.0 Å².